The van der Waals surface area contributed by atoms with E-state index in [-0.39, 0.29) is 31.7 Å². The Morgan fingerprint density at radius 3 is 2.41 bits per heavy atom. The van der Waals surface area contributed by atoms with Crippen LogP contribution in [0.4, 0.5) is 11.5 Å². The van der Waals surface area contributed by atoms with Gasteiger partial charge in [0.25, 0.3) is 0 Å². The monoisotopic (exact) mass is 371 g/mol. The first kappa shape index (κ1) is 16.6. The number of pyridine rings is 1. The molecular weight excluding hydrogens is 365 g/mol. The van der Waals surface area contributed by atoms with Gasteiger partial charge in [-0.15, -0.1) is 0 Å². The SMILES string of the molecule is N#Cc1c(Cl)nc(NN(C(N)=S)c2ccccc2)c(Cl)c1Cl. The maximum atomic E-state index is 8.97. The molecule has 22 heavy (non-hydrogen) atoms. The molecule has 1 aromatic carbocycles. The Bertz CT molecular complexity index is 761. The zero-order valence-electron chi connectivity index (χ0n) is 10.8. The van der Waals surface area contributed by atoms with Crippen LogP contribution in [0.3, 0.4) is 0 Å². The molecule has 9 heteroatoms. The highest BCUT2D eigenvalue weighted by Gasteiger charge is 2.19. The molecule has 0 bridgehead atoms. The number of nitrogens with two attached hydrogens (primary N) is 1. The second-order valence-electron chi connectivity index (χ2n) is 3.99. The molecule has 0 amide bonds. The molecular formula is C13H8Cl3N5S. The van der Waals surface area contributed by atoms with Crippen molar-refractivity contribution in [2.75, 3.05) is 10.4 Å². The second kappa shape index (κ2) is 6.99. The summed E-state index contributed by atoms with van der Waals surface area (Å²) < 4.78 is 0. The van der Waals surface area contributed by atoms with Crippen LogP contribution in [0, 0.1) is 11.3 Å². The van der Waals surface area contributed by atoms with E-state index in [4.69, 9.17) is 58.0 Å². The fourth-order valence-electron chi connectivity index (χ4n) is 1.61. The molecule has 0 aliphatic heterocycles. The average Bonchev–Trinajstić information content (AvgIpc) is 2.50. The van der Waals surface area contributed by atoms with E-state index in [0.717, 1.165) is 0 Å². The third-order valence-electron chi connectivity index (χ3n) is 2.60. The van der Waals surface area contributed by atoms with Crippen LogP contribution in [0.25, 0.3) is 0 Å². The number of nitrogens with zero attached hydrogens (tertiary/aromatic N) is 3. The van der Waals surface area contributed by atoms with Crippen LogP contribution >= 0.6 is 47.0 Å². The summed E-state index contributed by atoms with van der Waals surface area (Å²) in [6, 6.07) is 10.9. The third-order valence-corrected chi connectivity index (χ3v) is 3.90. The molecule has 5 nitrogen and oxygen atoms in total. The first-order chi connectivity index (χ1) is 10.5. The van der Waals surface area contributed by atoms with Crippen molar-refractivity contribution in [1.82, 2.24) is 4.98 Å². The molecule has 0 unspecified atom stereocenters. The Labute approximate surface area is 147 Å². The number of halogens is 3. The van der Waals surface area contributed by atoms with Gasteiger partial charge in [-0.05, 0) is 24.4 Å². The van der Waals surface area contributed by atoms with Crippen molar-refractivity contribution in [2.24, 2.45) is 5.73 Å². The van der Waals surface area contributed by atoms with Crippen LogP contribution in [-0.2, 0) is 0 Å². The van der Waals surface area contributed by atoms with Gasteiger partial charge in [0.15, 0.2) is 16.1 Å². The number of hydrogen-bond acceptors (Lipinski definition) is 4. The first-order valence-electron chi connectivity index (χ1n) is 5.81. The number of aromatic nitrogens is 1. The second-order valence-corrected chi connectivity index (χ2v) is 5.52. The summed E-state index contributed by atoms with van der Waals surface area (Å²) in [6.45, 7) is 0. The van der Waals surface area contributed by atoms with E-state index in [1.807, 2.05) is 24.3 Å². The van der Waals surface area contributed by atoms with E-state index in [0.29, 0.717) is 5.69 Å². The minimum absolute atomic E-state index is 0.000435. The van der Waals surface area contributed by atoms with E-state index in [1.54, 1.807) is 12.1 Å². The Morgan fingerprint density at radius 1 is 1.23 bits per heavy atom. The molecule has 1 heterocycles. The lowest BCUT2D eigenvalue weighted by Crippen LogP contribution is -2.40. The van der Waals surface area contributed by atoms with Crippen molar-refractivity contribution in [3.63, 3.8) is 0 Å². The van der Waals surface area contributed by atoms with Crippen LogP contribution in [0.1, 0.15) is 5.56 Å². The van der Waals surface area contributed by atoms with Gasteiger partial charge in [-0.25, -0.2) is 9.99 Å². The molecule has 1 aromatic heterocycles. The molecule has 0 aliphatic carbocycles. The fourth-order valence-corrected chi connectivity index (χ4v) is 2.43. The van der Waals surface area contributed by atoms with Gasteiger partial charge in [-0.1, -0.05) is 53.0 Å². The molecule has 112 valence electrons. The quantitative estimate of drug-likeness (QED) is 0.482. The molecule has 3 N–H and O–H groups in total. The van der Waals surface area contributed by atoms with Gasteiger partial charge < -0.3 is 5.73 Å². The zero-order chi connectivity index (χ0) is 16.3. The number of nitrogens with one attached hydrogen (secondary N) is 1. The number of anilines is 2. The molecule has 2 aromatic rings. The van der Waals surface area contributed by atoms with Gasteiger partial charge in [-0.3, -0.25) is 5.43 Å². The smallest absolute Gasteiger partial charge is 0.190 e. The lowest BCUT2D eigenvalue weighted by molar-refractivity contribution is 1.15. The van der Waals surface area contributed by atoms with Crippen LogP contribution in [-0.4, -0.2) is 10.1 Å². The van der Waals surface area contributed by atoms with E-state index in [1.165, 1.54) is 5.01 Å². The van der Waals surface area contributed by atoms with Crippen molar-refractivity contribution in [1.29, 1.82) is 5.26 Å². The molecule has 0 saturated heterocycles. The highest BCUT2D eigenvalue weighted by Crippen LogP contribution is 2.35. The van der Waals surface area contributed by atoms with E-state index in [2.05, 4.69) is 10.4 Å². The van der Waals surface area contributed by atoms with E-state index in [9.17, 15) is 0 Å². The lowest BCUT2D eigenvalue weighted by atomic mass is 10.3. The van der Waals surface area contributed by atoms with Gasteiger partial charge in [0.05, 0.1) is 10.7 Å². The maximum Gasteiger partial charge on any atom is 0.190 e. The molecule has 0 fully saturated rings. The predicted molar refractivity (Wildman–Crippen MR) is 93.3 cm³/mol. The highest BCUT2D eigenvalue weighted by molar-refractivity contribution is 7.80. The number of thiocarbonyl (C=S) groups is 1. The van der Waals surface area contributed by atoms with Crippen molar-refractivity contribution < 1.29 is 0 Å². The Kier molecular flexibility index (Phi) is 5.27. The summed E-state index contributed by atoms with van der Waals surface area (Å²) in [5, 5.41) is 10.4. The summed E-state index contributed by atoms with van der Waals surface area (Å²) in [5.41, 5.74) is 9.22. The minimum atomic E-state index is -0.0737. The zero-order valence-corrected chi connectivity index (χ0v) is 13.9. The fraction of sp³-hybridized carbons (Fsp3) is 0. The number of benzene rings is 1. The Hall–Kier alpha value is -1.78. The van der Waals surface area contributed by atoms with Crippen molar-refractivity contribution in [3.8, 4) is 6.07 Å². The number of hydrazine groups is 1. The van der Waals surface area contributed by atoms with Gasteiger partial charge in [0, 0.05) is 0 Å². The molecule has 0 aliphatic rings. The number of hydrogen-bond donors (Lipinski definition) is 2. The summed E-state index contributed by atoms with van der Waals surface area (Å²) in [7, 11) is 0. The maximum absolute atomic E-state index is 8.97. The van der Waals surface area contributed by atoms with Gasteiger partial charge >= 0.3 is 0 Å². The van der Waals surface area contributed by atoms with Crippen LogP contribution in [0.2, 0.25) is 15.2 Å². The summed E-state index contributed by atoms with van der Waals surface area (Å²) in [5.74, 6) is 0.132. The van der Waals surface area contributed by atoms with E-state index >= 15 is 0 Å². The minimum Gasteiger partial charge on any atom is -0.374 e. The predicted octanol–water partition coefficient (Wildman–Crippen LogP) is 3.99. The van der Waals surface area contributed by atoms with Crippen LogP contribution in [0.5, 0.6) is 0 Å². The third kappa shape index (κ3) is 3.34. The molecule has 0 radical (unpaired) electrons. The number of para-hydroxylation sites is 1. The lowest BCUT2D eigenvalue weighted by Gasteiger charge is -2.24. The Balaban J connectivity index is 2.45. The van der Waals surface area contributed by atoms with Gasteiger partial charge in [0.1, 0.15) is 16.7 Å². The highest BCUT2D eigenvalue weighted by atomic mass is 35.5. The Morgan fingerprint density at radius 2 is 1.86 bits per heavy atom. The molecule has 0 spiro atoms. The largest absolute Gasteiger partial charge is 0.374 e. The van der Waals surface area contributed by atoms with Gasteiger partial charge in [0.2, 0.25) is 0 Å². The van der Waals surface area contributed by atoms with Crippen LogP contribution in [0.15, 0.2) is 30.3 Å². The van der Waals surface area contributed by atoms with Crippen LogP contribution < -0.4 is 16.2 Å². The first-order valence-corrected chi connectivity index (χ1v) is 7.35. The number of nitriles is 1. The molecule has 2 rings (SSSR count). The summed E-state index contributed by atoms with van der Waals surface area (Å²) in [6.07, 6.45) is 0. The standard InChI is InChI=1S/C13H8Cl3N5S/c14-9-8(6-17)11(16)19-12(10(9)15)20-21(13(18)22)7-4-2-1-3-5-7/h1-5H,(H2,18,22)(H,19,20). The normalized spacial score (nSPS) is 9.91. The number of rotatable bonds is 3. The molecule has 0 atom stereocenters. The summed E-state index contributed by atoms with van der Waals surface area (Å²) >= 11 is 23.0. The topological polar surface area (TPSA) is 78.0 Å². The molecule has 0 saturated carbocycles. The van der Waals surface area contributed by atoms with Crippen molar-refractivity contribution in [2.45, 2.75) is 0 Å². The van der Waals surface area contributed by atoms with Crippen molar-refractivity contribution in [3.05, 3.63) is 51.1 Å². The van der Waals surface area contributed by atoms with Crippen molar-refractivity contribution >= 4 is 63.6 Å². The average molecular weight is 373 g/mol. The van der Waals surface area contributed by atoms with E-state index < -0.39 is 0 Å². The summed E-state index contributed by atoms with van der Waals surface area (Å²) in [4.78, 5) is 4.01. The van der Waals surface area contributed by atoms with Gasteiger partial charge in [-0.2, -0.15) is 5.26 Å².